The molecule has 19 heavy (non-hydrogen) atoms. The Morgan fingerprint density at radius 1 is 1.26 bits per heavy atom. The van der Waals surface area contributed by atoms with Crippen LogP contribution >= 0.6 is 0 Å². The third-order valence-corrected chi connectivity index (χ3v) is 3.46. The first-order valence-electron chi connectivity index (χ1n) is 6.61. The number of nitrogens with one attached hydrogen (secondary N) is 2. The molecule has 2 rings (SSSR count). The number of amides is 2. The molecular formula is C14H19N3O2. The Kier molecular flexibility index (Phi) is 4.39. The van der Waals surface area contributed by atoms with Gasteiger partial charge in [-0.2, -0.15) is 0 Å². The number of hydrogen-bond acceptors (Lipinski definition) is 3. The van der Waals surface area contributed by atoms with Crippen LogP contribution in [-0.2, 0) is 4.79 Å². The van der Waals surface area contributed by atoms with Gasteiger partial charge in [0.15, 0.2) is 0 Å². The topological polar surface area (TPSA) is 84.2 Å². The molecule has 2 amide bonds. The molecule has 0 spiro atoms. The second-order valence-corrected chi connectivity index (χ2v) is 4.87. The van der Waals surface area contributed by atoms with Crippen molar-refractivity contribution in [3.05, 3.63) is 23.8 Å². The average molecular weight is 261 g/mol. The number of nitrogen functional groups attached to an aromatic ring is 1. The van der Waals surface area contributed by atoms with Crippen molar-refractivity contribution in [3.63, 3.8) is 0 Å². The Morgan fingerprint density at radius 2 is 2.00 bits per heavy atom. The van der Waals surface area contributed by atoms with Crippen LogP contribution in [0.25, 0.3) is 0 Å². The number of benzene rings is 1. The number of carbonyl (C=O) groups excluding carboxylic acids is 2. The van der Waals surface area contributed by atoms with Gasteiger partial charge in [-0.1, -0.05) is 19.3 Å². The Labute approximate surface area is 112 Å². The first kappa shape index (κ1) is 13.4. The number of hydrogen-bond donors (Lipinski definition) is 3. The Bertz CT molecular complexity index is 468. The molecule has 1 aliphatic carbocycles. The minimum Gasteiger partial charge on any atom is -0.398 e. The van der Waals surface area contributed by atoms with Gasteiger partial charge in [-0.05, 0) is 31.0 Å². The second kappa shape index (κ2) is 6.22. The molecule has 0 bridgehead atoms. The zero-order valence-electron chi connectivity index (χ0n) is 10.8. The van der Waals surface area contributed by atoms with Gasteiger partial charge in [0.05, 0.1) is 5.56 Å². The van der Waals surface area contributed by atoms with E-state index in [9.17, 15) is 9.59 Å². The molecule has 1 aromatic rings. The van der Waals surface area contributed by atoms with Crippen molar-refractivity contribution < 1.29 is 9.59 Å². The zero-order chi connectivity index (χ0) is 13.7. The molecule has 0 aromatic heterocycles. The van der Waals surface area contributed by atoms with Gasteiger partial charge >= 0.3 is 0 Å². The van der Waals surface area contributed by atoms with Crippen molar-refractivity contribution in [2.24, 2.45) is 0 Å². The summed E-state index contributed by atoms with van der Waals surface area (Å²) in [7, 11) is 0. The Balaban J connectivity index is 2.08. The first-order valence-corrected chi connectivity index (χ1v) is 6.61. The van der Waals surface area contributed by atoms with Gasteiger partial charge < -0.3 is 16.4 Å². The van der Waals surface area contributed by atoms with Crippen LogP contribution in [0.5, 0.6) is 0 Å². The van der Waals surface area contributed by atoms with Gasteiger partial charge in [0.2, 0.25) is 6.41 Å². The number of anilines is 2. The molecule has 0 aliphatic heterocycles. The smallest absolute Gasteiger partial charge is 0.253 e. The van der Waals surface area contributed by atoms with E-state index in [-0.39, 0.29) is 11.9 Å². The Morgan fingerprint density at radius 3 is 2.68 bits per heavy atom. The highest BCUT2D eigenvalue weighted by Gasteiger charge is 2.18. The molecule has 4 N–H and O–H groups in total. The van der Waals surface area contributed by atoms with Crippen LogP contribution in [0.4, 0.5) is 11.4 Å². The van der Waals surface area contributed by atoms with Gasteiger partial charge in [0.1, 0.15) is 0 Å². The van der Waals surface area contributed by atoms with Crippen LogP contribution < -0.4 is 16.4 Å². The molecule has 5 nitrogen and oxygen atoms in total. The van der Waals surface area contributed by atoms with Crippen LogP contribution in [0.1, 0.15) is 42.5 Å². The SMILES string of the molecule is Nc1ccc(NC=O)cc1C(=O)NC1CCCCC1. The lowest BCUT2D eigenvalue weighted by Crippen LogP contribution is -2.36. The maximum absolute atomic E-state index is 12.2. The van der Waals surface area contributed by atoms with E-state index in [1.807, 2.05) is 0 Å². The minimum absolute atomic E-state index is 0.168. The molecule has 0 radical (unpaired) electrons. The molecule has 1 saturated carbocycles. The zero-order valence-corrected chi connectivity index (χ0v) is 10.8. The van der Waals surface area contributed by atoms with E-state index in [0.29, 0.717) is 23.3 Å². The van der Waals surface area contributed by atoms with Crippen LogP contribution in [-0.4, -0.2) is 18.4 Å². The minimum atomic E-state index is -0.168. The fourth-order valence-corrected chi connectivity index (χ4v) is 2.42. The largest absolute Gasteiger partial charge is 0.398 e. The summed E-state index contributed by atoms with van der Waals surface area (Å²) in [6.45, 7) is 0. The summed E-state index contributed by atoms with van der Waals surface area (Å²) in [4.78, 5) is 22.6. The summed E-state index contributed by atoms with van der Waals surface area (Å²) in [5.41, 5.74) is 7.22. The highest BCUT2D eigenvalue weighted by atomic mass is 16.1. The highest BCUT2D eigenvalue weighted by molar-refractivity contribution is 6.00. The molecule has 0 atom stereocenters. The monoisotopic (exact) mass is 261 g/mol. The predicted octanol–water partition coefficient (Wildman–Crippen LogP) is 1.90. The molecule has 1 aliphatic rings. The summed E-state index contributed by atoms with van der Waals surface area (Å²) >= 11 is 0. The van der Waals surface area contributed by atoms with Crippen molar-refractivity contribution in [2.75, 3.05) is 11.1 Å². The predicted molar refractivity (Wildman–Crippen MR) is 74.9 cm³/mol. The van der Waals surface area contributed by atoms with Gasteiger partial charge in [-0.15, -0.1) is 0 Å². The van der Waals surface area contributed by atoms with Crippen molar-refractivity contribution in [1.82, 2.24) is 5.32 Å². The van der Waals surface area contributed by atoms with Gasteiger partial charge in [-0.3, -0.25) is 9.59 Å². The van der Waals surface area contributed by atoms with Crippen molar-refractivity contribution in [1.29, 1.82) is 0 Å². The third kappa shape index (κ3) is 3.47. The van der Waals surface area contributed by atoms with E-state index in [2.05, 4.69) is 10.6 Å². The van der Waals surface area contributed by atoms with Crippen LogP contribution in [0.15, 0.2) is 18.2 Å². The lowest BCUT2D eigenvalue weighted by Gasteiger charge is -2.23. The van der Waals surface area contributed by atoms with E-state index in [0.717, 1.165) is 25.7 Å². The first-order chi connectivity index (χ1) is 9.20. The molecule has 0 unspecified atom stereocenters. The van der Waals surface area contributed by atoms with Crippen molar-refractivity contribution >= 4 is 23.7 Å². The standard InChI is InChI=1S/C14H19N3O2/c15-13-7-6-11(16-9-18)8-12(13)14(19)17-10-4-2-1-3-5-10/h6-10H,1-5,15H2,(H,16,18)(H,17,19). The van der Waals surface area contributed by atoms with E-state index in [1.54, 1.807) is 18.2 Å². The van der Waals surface area contributed by atoms with E-state index in [1.165, 1.54) is 6.42 Å². The third-order valence-electron chi connectivity index (χ3n) is 3.46. The Hall–Kier alpha value is -2.04. The van der Waals surface area contributed by atoms with E-state index < -0.39 is 0 Å². The maximum atomic E-state index is 12.2. The summed E-state index contributed by atoms with van der Waals surface area (Å²) in [6.07, 6.45) is 6.19. The van der Waals surface area contributed by atoms with Gasteiger partial charge in [0.25, 0.3) is 5.91 Å². The number of carbonyl (C=O) groups is 2. The molecule has 1 fully saturated rings. The summed E-state index contributed by atoms with van der Waals surface area (Å²) in [5, 5.41) is 5.53. The van der Waals surface area contributed by atoms with E-state index >= 15 is 0 Å². The number of rotatable bonds is 4. The molecule has 0 heterocycles. The van der Waals surface area contributed by atoms with E-state index in [4.69, 9.17) is 5.73 Å². The molecule has 102 valence electrons. The van der Waals surface area contributed by atoms with Crippen molar-refractivity contribution in [2.45, 2.75) is 38.1 Å². The summed E-state index contributed by atoms with van der Waals surface area (Å²) < 4.78 is 0. The van der Waals surface area contributed by atoms with Crippen molar-refractivity contribution in [3.8, 4) is 0 Å². The average Bonchev–Trinajstić information content (AvgIpc) is 2.42. The van der Waals surface area contributed by atoms with Gasteiger partial charge in [0, 0.05) is 17.4 Å². The maximum Gasteiger partial charge on any atom is 0.253 e. The fraction of sp³-hybridized carbons (Fsp3) is 0.429. The molecular weight excluding hydrogens is 242 g/mol. The molecule has 1 aromatic carbocycles. The van der Waals surface area contributed by atoms with Crippen LogP contribution in [0.2, 0.25) is 0 Å². The lowest BCUT2D eigenvalue weighted by atomic mass is 9.95. The van der Waals surface area contributed by atoms with Crippen LogP contribution in [0, 0.1) is 0 Å². The van der Waals surface area contributed by atoms with Gasteiger partial charge in [-0.25, -0.2) is 0 Å². The summed E-state index contributed by atoms with van der Waals surface area (Å²) in [5.74, 6) is -0.168. The fourth-order valence-electron chi connectivity index (χ4n) is 2.42. The number of nitrogens with two attached hydrogens (primary N) is 1. The normalized spacial score (nSPS) is 15.8. The molecule has 5 heteroatoms. The highest BCUT2D eigenvalue weighted by Crippen LogP contribution is 2.20. The quantitative estimate of drug-likeness (QED) is 0.571. The summed E-state index contributed by atoms with van der Waals surface area (Å²) in [6, 6.07) is 5.13. The second-order valence-electron chi connectivity index (χ2n) is 4.87. The lowest BCUT2D eigenvalue weighted by molar-refractivity contribution is -0.105. The molecule has 0 saturated heterocycles. The van der Waals surface area contributed by atoms with Crippen LogP contribution in [0.3, 0.4) is 0 Å².